The van der Waals surface area contributed by atoms with E-state index in [1.807, 2.05) is 0 Å². The van der Waals surface area contributed by atoms with Crippen LogP contribution in [-0.4, -0.2) is 54.6 Å². The van der Waals surface area contributed by atoms with Crippen LogP contribution in [0.15, 0.2) is 18.2 Å². The molecule has 0 saturated carbocycles. The summed E-state index contributed by atoms with van der Waals surface area (Å²) in [6.07, 6.45) is -17.3. The quantitative estimate of drug-likeness (QED) is 0.582. The van der Waals surface area contributed by atoms with Crippen molar-refractivity contribution in [2.24, 2.45) is 0 Å². The number of amides is 3. The topological polar surface area (TPSA) is 70.7 Å². The Hall–Kier alpha value is -2.08. The molecule has 0 radical (unpaired) electrons. The SMILES string of the molecule is O=C(Nc1cc(Cl)ccc1Cl)NC1CCN(C(=O)OC(C(F)(F)F)C(F)(F)F)CC1. The molecule has 1 aliphatic rings. The average molecular weight is 482 g/mol. The number of hydrogen-bond acceptors (Lipinski definition) is 3. The van der Waals surface area contributed by atoms with Crippen LogP contribution in [0.5, 0.6) is 0 Å². The van der Waals surface area contributed by atoms with Crippen LogP contribution in [0, 0.1) is 0 Å². The molecule has 0 spiro atoms. The zero-order valence-electron chi connectivity index (χ0n) is 14.9. The van der Waals surface area contributed by atoms with E-state index in [4.69, 9.17) is 23.2 Å². The fourth-order valence-electron chi connectivity index (χ4n) is 2.64. The Morgan fingerprint density at radius 1 is 1.07 bits per heavy atom. The summed E-state index contributed by atoms with van der Waals surface area (Å²) in [5, 5.41) is 5.61. The molecule has 168 valence electrons. The molecule has 1 fully saturated rings. The molecule has 0 aromatic heterocycles. The highest BCUT2D eigenvalue weighted by molar-refractivity contribution is 6.35. The molecule has 14 heteroatoms. The number of rotatable bonds is 3. The number of piperidine rings is 1. The Kier molecular flexibility index (Phi) is 7.56. The number of halogens is 8. The molecule has 1 saturated heterocycles. The Morgan fingerprint density at radius 2 is 1.63 bits per heavy atom. The first kappa shape index (κ1) is 24.2. The highest BCUT2D eigenvalue weighted by atomic mass is 35.5. The number of ether oxygens (including phenoxy) is 1. The summed E-state index contributed by atoms with van der Waals surface area (Å²) in [6.45, 7) is -0.408. The van der Waals surface area contributed by atoms with Gasteiger partial charge in [0.05, 0.1) is 10.7 Å². The number of hydrogen-bond donors (Lipinski definition) is 2. The minimum absolute atomic E-state index is 0.0918. The van der Waals surface area contributed by atoms with Crippen LogP contribution < -0.4 is 10.6 Å². The van der Waals surface area contributed by atoms with Gasteiger partial charge in [-0.3, -0.25) is 0 Å². The van der Waals surface area contributed by atoms with Gasteiger partial charge < -0.3 is 20.3 Å². The van der Waals surface area contributed by atoms with Crippen molar-refractivity contribution in [2.75, 3.05) is 18.4 Å². The Morgan fingerprint density at radius 3 is 2.17 bits per heavy atom. The second-order valence-electron chi connectivity index (χ2n) is 6.33. The van der Waals surface area contributed by atoms with E-state index in [-0.39, 0.29) is 36.6 Å². The molecular weight excluding hydrogens is 467 g/mol. The molecule has 1 aliphatic heterocycles. The maximum atomic E-state index is 12.5. The number of nitrogens with one attached hydrogen (secondary N) is 2. The lowest BCUT2D eigenvalue weighted by molar-refractivity contribution is -0.308. The van der Waals surface area contributed by atoms with E-state index in [0.29, 0.717) is 9.92 Å². The van der Waals surface area contributed by atoms with Gasteiger partial charge in [0.1, 0.15) is 0 Å². The third kappa shape index (κ3) is 6.73. The van der Waals surface area contributed by atoms with Gasteiger partial charge in [0.2, 0.25) is 0 Å². The normalized spacial score (nSPS) is 15.8. The van der Waals surface area contributed by atoms with Gasteiger partial charge in [-0.2, -0.15) is 26.3 Å². The summed E-state index contributed by atoms with van der Waals surface area (Å²) in [5.41, 5.74) is 0.244. The summed E-state index contributed by atoms with van der Waals surface area (Å²) in [7, 11) is 0. The van der Waals surface area contributed by atoms with Crippen LogP contribution in [0.25, 0.3) is 0 Å². The van der Waals surface area contributed by atoms with Crippen LogP contribution in [0.1, 0.15) is 12.8 Å². The first-order chi connectivity index (χ1) is 13.8. The molecule has 1 aromatic carbocycles. The molecule has 0 bridgehead atoms. The van der Waals surface area contributed by atoms with E-state index in [9.17, 15) is 35.9 Å². The average Bonchev–Trinajstić information content (AvgIpc) is 2.61. The number of benzene rings is 1. The predicted octanol–water partition coefficient (Wildman–Crippen LogP) is 5.21. The minimum atomic E-state index is -5.78. The fourth-order valence-corrected chi connectivity index (χ4v) is 2.97. The largest absolute Gasteiger partial charge is 0.434 e. The summed E-state index contributed by atoms with van der Waals surface area (Å²) in [5.74, 6) is 0. The number of carbonyl (C=O) groups is 2. The highest BCUT2D eigenvalue weighted by Crippen LogP contribution is 2.36. The lowest BCUT2D eigenvalue weighted by Crippen LogP contribution is -2.51. The summed E-state index contributed by atoms with van der Waals surface area (Å²) in [6, 6.07) is 3.28. The molecule has 1 heterocycles. The summed E-state index contributed by atoms with van der Waals surface area (Å²) in [4.78, 5) is 24.5. The zero-order valence-corrected chi connectivity index (χ0v) is 16.4. The van der Waals surface area contributed by atoms with E-state index < -0.39 is 36.6 Å². The van der Waals surface area contributed by atoms with Gasteiger partial charge in [0.25, 0.3) is 6.10 Å². The first-order valence-corrected chi connectivity index (χ1v) is 9.14. The number of nitrogens with zero attached hydrogens (tertiary/aromatic N) is 1. The molecule has 0 aliphatic carbocycles. The Balaban J connectivity index is 1.86. The lowest BCUT2D eigenvalue weighted by atomic mass is 10.1. The Bertz CT molecular complexity index is 768. The monoisotopic (exact) mass is 481 g/mol. The molecule has 2 N–H and O–H groups in total. The molecule has 30 heavy (non-hydrogen) atoms. The van der Waals surface area contributed by atoms with Crippen LogP contribution in [0.4, 0.5) is 41.6 Å². The van der Waals surface area contributed by atoms with Crippen molar-refractivity contribution < 1.29 is 40.7 Å². The lowest BCUT2D eigenvalue weighted by Gasteiger charge is -2.33. The van der Waals surface area contributed by atoms with Gasteiger partial charge in [-0.1, -0.05) is 23.2 Å². The summed E-state index contributed by atoms with van der Waals surface area (Å²) >= 11 is 11.7. The highest BCUT2D eigenvalue weighted by Gasteiger charge is 2.60. The molecule has 6 nitrogen and oxygen atoms in total. The molecule has 1 aromatic rings. The van der Waals surface area contributed by atoms with Crippen molar-refractivity contribution in [2.45, 2.75) is 37.3 Å². The number of carbonyl (C=O) groups excluding carboxylic acids is 2. The van der Waals surface area contributed by atoms with Crippen LogP contribution in [0.2, 0.25) is 10.0 Å². The van der Waals surface area contributed by atoms with Crippen molar-refractivity contribution >= 4 is 41.0 Å². The zero-order chi connectivity index (χ0) is 22.7. The van der Waals surface area contributed by atoms with Crippen LogP contribution in [-0.2, 0) is 4.74 Å². The van der Waals surface area contributed by atoms with Gasteiger partial charge in [-0.15, -0.1) is 0 Å². The summed E-state index contributed by atoms with van der Waals surface area (Å²) < 4.78 is 78.6. The molecule has 3 amide bonds. The molecule has 0 atom stereocenters. The third-order valence-corrected chi connectivity index (χ3v) is 4.64. The first-order valence-electron chi connectivity index (χ1n) is 8.39. The van der Waals surface area contributed by atoms with Gasteiger partial charge in [-0.05, 0) is 31.0 Å². The smallest absolute Gasteiger partial charge is 0.426 e. The standard InChI is InChI=1S/C16H15Cl2F6N3O3/c17-8-1-2-10(18)11(7-8)26-13(28)25-9-3-5-27(6-4-9)14(29)30-12(15(19,20)21)16(22,23)24/h1-2,7,9,12H,3-6H2,(H2,25,26,28). The van der Waals surface area contributed by atoms with Crippen molar-refractivity contribution in [1.82, 2.24) is 10.2 Å². The van der Waals surface area contributed by atoms with E-state index in [2.05, 4.69) is 15.4 Å². The van der Waals surface area contributed by atoms with Crippen molar-refractivity contribution in [3.8, 4) is 0 Å². The second kappa shape index (κ2) is 9.38. The third-order valence-electron chi connectivity index (χ3n) is 4.08. The van der Waals surface area contributed by atoms with Gasteiger partial charge >= 0.3 is 24.5 Å². The number of likely N-dealkylation sites (tertiary alicyclic amines) is 1. The van der Waals surface area contributed by atoms with E-state index in [1.54, 1.807) is 0 Å². The minimum Gasteiger partial charge on any atom is -0.426 e. The maximum Gasteiger partial charge on any atom is 0.434 e. The van der Waals surface area contributed by atoms with Crippen molar-refractivity contribution in [3.05, 3.63) is 28.2 Å². The molecule has 0 unspecified atom stereocenters. The van der Waals surface area contributed by atoms with Crippen molar-refractivity contribution in [3.63, 3.8) is 0 Å². The van der Waals surface area contributed by atoms with E-state index in [1.165, 1.54) is 18.2 Å². The van der Waals surface area contributed by atoms with Crippen molar-refractivity contribution in [1.29, 1.82) is 0 Å². The van der Waals surface area contributed by atoms with Gasteiger partial charge in [0.15, 0.2) is 0 Å². The van der Waals surface area contributed by atoms with Crippen LogP contribution >= 0.6 is 23.2 Å². The number of anilines is 1. The molecular formula is C16H15Cl2F6N3O3. The Labute approximate surface area is 176 Å². The number of alkyl halides is 6. The maximum absolute atomic E-state index is 12.5. The van der Waals surface area contributed by atoms with E-state index >= 15 is 0 Å². The van der Waals surface area contributed by atoms with Crippen LogP contribution in [0.3, 0.4) is 0 Å². The predicted molar refractivity (Wildman–Crippen MR) is 95.6 cm³/mol. The second-order valence-corrected chi connectivity index (χ2v) is 7.17. The van der Waals surface area contributed by atoms with Gasteiger partial charge in [-0.25, -0.2) is 9.59 Å². The fraction of sp³-hybridized carbons (Fsp3) is 0.500. The van der Waals surface area contributed by atoms with E-state index in [0.717, 1.165) is 0 Å². The number of urea groups is 1. The molecule has 2 rings (SSSR count). The van der Waals surface area contributed by atoms with Gasteiger partial charge in [0, 0.05) is 24.2 Å².